The standard InChI is InChI=1S/C15H21NO3S/c1-2-12-3-5-14(6-4-12)16-15(17)11-13-7-9-20(18,19)10-8-13/h3-6,13H,2,7-11H2,1H3,(H,16,17). The molecule has 0 unspecified atom stereocenters. The second-order valence-electron chi connectivity index (χ2n) is 5.40. The smallest absolute Gasteiger partial charge is 0.224 e. The number of amides is 1. The quantitative estimate of drug-likeness (QED) is 0.927. The highest BCUT2D eigenvalue weighted by Crippen LogP contribution is 2.22. The fraction of sp³-hybridized carbons (Fsp3) is 0.533. The summed E-state index contributed by atoms with van der Waals surface area (Å²) in [5, 5.41) is 2.87. The summed E-state index contributed by atoms with van der Waals surface area (Å²) in [6.45, 7) is 2.09. The molecule has 5 heteroatoms. The number of anilines is 1. The average Bonchev–Trinajstić information content (AvgIpc) is 2.42. The van der Waals surface area contributed by atoms with E-state index in [1.54, 1.807) is 0 Å². The molecule has 0 spiro atoms. The van der Waals surface area contributed by atoms with Crippen LogP contribution in [0.2, 0.25) is 0 Å². The molecule has 1 aromatic carbocycles. The summed E-state index contributed by atoms with van der Waals surface area (Å²) in [6, 6.07) is 7.82. The van der Waals surface area contributed by atoms with Gasteiger partial charge in [0.1, 0.15) is 9.84 Å². The molecule has 0 saturated carbocycles. The van der Waals surface area contributed by atoms with Crippen molar-refractivity contribution in [2.24, 2.45) is 5.92 Å². The van der Waals surface area contributed by atoms with Gasteiger partial charge in [-0.3, -0.25) is 4.79 Å². The molecule has 4 nitrogen and oxygen atoms in total. The SMILES string of the molecule is CCc1ccc(NC(=O)CC2CCS(=O)(=O)CC2)cc1. The summed E-state index contributed by atoms with van der Waals surface area (Å²) < 4.78 is 22.7. The molecule has 0 radical (unpaired) electrons. The molecule has 1 aliphatic heterocycles. The van der Waals surface area contributed by atoms with Crippen LogP contribution in [-0.4, -0.2) is 25.8 Å². The van der Waals surface area contributed by atoms with Gasteiger partial charge in [-0.1, -0.05) is 19.1 Å². The Morgan fingerprint density at radius 3 is 2.35 bits per heavy atom. The first kappa shape index (κ1) is 15.0. The first-order valence-electron chi connectivity index (χ1n) is 7.08. The van der Waals surface area contributed by atoms with Gasteiger partial charge in [0.25, 0.3) is 0 Å². The second kappa shape index (κ2) is 6.39. The van der Waals surface area contributed by atoms with Gasteiger partial charge in [-0.05, 0) is 42.9 Å². The van der Waals surface area contributed by atoms with E-state index in [4.69, 9.17) is 0 Å². The van der Waals surface area contributed by atoms with E-state index < -0.39 is 9.84 Å². The third kappa shape index (κ3) is 4.34. The minimum atomic E-state index is -2.85. The second-order valence-corrected chi connectivity index (χ2v) is 7.70. The van der Waals surface area contributed by atoms with Crippen LogP contribution in [0.15, 0.2) is 24.3 Å². The molecule has 0 aromatic heterocycles. The maximum Gasteiger partial charge on any atom is 0.224 e. The lowest BCUT2D eigenvalue weighted by Crippen LogP contribution is -2.26. The Balaban J connectivity index is 1.83. The molecule has 0 bridgehead atoms. The largest absolute Gasteiger partial charge is 0.326 e. The summed E-state index contributed by atoms with van der Waals surface area (Å²) in [6.07, 6.45) is 2.59. The van der Waals surface area contributed by atoms with Crippen molar-refractivity contribution in [3.63, 3.8) is 0 Å². The lowest BCUT2D eigenvalue weighted by Gasteiger charge is -2.21. The summed E-state index contributed by atoms with van der Waals surface area (Å²) in [7, 11) is -2.85. The van der Waals surface area contributed by atoms with Crippen LogP contribution in [0.1, 0.15) is 31.7 Å². The van der Waals surface area contributed by atoms with Crippen LogP contribution in [0.5, 0.6) is 0 Å². The third-order valence-electron chi connectivity index (χ3n) is 3.79. The van der Waals surface area contributed by atoms with Crippen molar-refractivity contribution < 1.29 is 13.2 Å². The predicted octanol–water partition coefficient (Wildman–Crippen LogP) is 2.40. The zero-order chi connectivity index (χ0) is 14.6. The summed E-state index contributed by atoms with van der Waals surface area (Å²) >= 11 is 0. The molecule has 1 aliphatic rings. The Hall–Kier alpha value is -1.36. The van der Waals surface area contributed by atoms with Crippen LogP contribution in [-0.2, 0) is 21.1 Å². The molecule has 2 rings (SSSR count). The van der Waals surface area contributed by atoms with Gasteiger partial charge < -0.3 is 5.32 Å². The average molecular weight is 295 g/mol. The minimum absolute atomic E-state index is 0.0291. The van der Waals surface area contributed by atoms with Crippen molar-refractivity contribution in [1.29, 1.82) is 0 Å². The molecular weight excluding hydrogens is 274 g/mol. The van der Waals surface area contributed by atoms with Crippen LogP contribution >= 0.6 is 0 Å². The van der Waals surface area contributed by atoms with Gasteiger partial charge in [-0.15, -0.1) is 0 Å². The third-order valence-corrected chi connectivity index (χ3v) is 5.51. The number of aryl methyl sites for hydroxylation is 1. The highest BCUT2D eigenvalue weighted by atomic mass is 32.2. The van der Waals surface area contributed by atoms with Gasteiger partial charge in [0, 0.05) is 12.1 Å². The van der Waals surface area contributed by atoms with E-state index >= 15 is 0 Å². The van der Waals surface area contributed by atoms with Crippen LogP contribution in [0.4, 0.5) is 5.69 Å². The van der Waals surface area contributed by atoms with Gasteiger partial charge in [-0.2, -0.15) is 0 Å². The van der Waals surface area contributed by atoms with Crippen molar-refractivity contribution >= 4 is 21.4 Å². The number of carbonyl (C=O) groups is 1. The molecule has 20 heavy (non-hydrogen) atoms. The number of hydrogen-bond acceptors (Lipinski definition) is 3. The van der Waals surface area contributed by atoms with Crippen LogP contribution in [0, 0.1) is 5.92 Å². The summed E-state index contributed by atoms with van der Waals surface area (Å²) in [4.78, 5) is 11.9. The fourth-order valence-corrected chi connectivity index (χ4v) is 4.03. The van der Waals surface area contributed by atoms with Crippen molar-refractivity contribution in [2.45, 2.75) is 32.6 Å². The molecule has 110 valence electrons. The van der Waals surface area contributed by atoms with Crippen molar-refractivity contribution in [1.82, 2.24) is 0 Å². The zero-order valence-electron chi connectivity index (χ0n) is 11.8. The van der Waals surface area contributed by atoms with E-state index in [1.165, 1.54) is 5.56 Å². The lowest BCUT2D eigenvalue weighted by atomic mass is 9.98. The first-order chi connectivity index (χ1) is 9.48. The van der Waals surface area contributed by atoms with E-state index in [0.29, 0.717) is 19.3 Å². The maximum atomic E-state index is 11.9. The molecular formula is C15H21NO3S. The summed E-state index contributed by atoms with van der Waals surface area (Å²) in [5.41, 5.74) is 2.04. The molecule has 1 amide bonds. The molecule has 0 aliphatic carbocycles. The highest BCUT2D eigenvalue weighted by Gasteiger charge is 2.25. The van der Waals surface area contributed by atoms with Gasteiger partial charge in [-0.25, -0.2) is 8.42 Å². The van der Waals surface area contributed by atoms with Gasteiger partial charge >= 0.3 is 0 Å². The number of benzene rings is 1. The Morgan fingerprint density at radius 2 is 1.80 bits per heavy atom. The highest BCUT2D eigenvalue weighted by molar-refractivity contribution is 7.91. The molecule has 0 atom stereocenters. The van der Waals surface area contributed by atoms with Crippen LogP contribution < -0.4 is 5.32 Å². The van der Waals surface area contributed by atoms with E-state index in [9.17, 15) is 13.2 Å². The molecule has 1 N–H and O–H groups in total. The minimum Gasteiger partial charge on any atom is -0.326 e. The van der Waals surface area contributed by atoms with Gasteiger partial charge in [0.05, 0.1) is 11.5 Å². The fourth-order valence-electron chi connectivity index (χ4n) is 2.44. The van der Waals surface area contributed by atoms with Crippen LogP contribution in [0.3, 0.4) is 0 Å². The van der Waals surface area contributed by atoms with Gasteiger partial charge in [0.2, 0.25) is 5.91 Å². The Bertz CT molecular complexity index is 549. The molecule has 1 heterocycles. The van der Waals surface area contributed by atoms with Gasteiger partial charge in [0.15, 0.2) is 0 Å². The van der Waals surface area contributed by atoms with E-state index in [-0.39, 0.29) is 23.3 Å². The lowest BCUT2D eigenvalue weighted by molar-refractivity contribution is -0.117. The molecule has 1 saturated heterocycles. The number of hydrogen-bond donors (Lipinski definition) is 1. The zero-order valence-corrected chi connectivity index (χ0v) is 12.6. The number of carbonyl (C=O) groups excluding carboxylic acids is 1. The number of sulfone groups is 1. The Morgan fingerprint density at radius 1 is 1.20 bits per heavy atom. The summed E-state index contributed by atoms with van der Waals surface area (Å²) in [5.74, 6) is 0.596. The number of rotatable bonds is 4. The predicted molar refractivity (Wildman–Crippen MR) is 80.4 cm³/mol. The van der Waals surface area contributed by atoms with Crippen molar-refractivity contribution in [3.05, 3.63) is 29.8 Å². The Kier molecular flexibility index (Phi) is 4.81. The monoisotopic (exact) mass is 295 g/mol. The molecule has 1 aromatic rings. The van der Waals surface area contributed by atoms with Crippen LogP contribution in [0.25, 0.3) is 0 Å². The maximum absolute atomic E-state index is 11.9. The first-order valence-corrected chi connectivity index (χ1v) is 8.90. The van der Waals surface area contributed by atoms with E-state index in [2.05, 4.69) is 12.2 Å². The molecule has 1 fully saturated rings. The Labute approximate surface area is 120 Å². The van der Waals surface area contributed by atoms with Crippen molar-refractivity contribution in [3.8, 4) is 0 Å². The van der Waals surface area contributed by atoms with E-state index in [1.807, 2.05) is 24.3 Å². The normalized spacial score (nSPS) is 18.6. The van der Waals surface area contributed by atoms with Crippen molar-refractivity contribution in [2.75, 3.05) is 16.8 Å². The van der Waals surface area contributed by atoms with E-state index in [0.717, 1.165) is 12.1 Å². The topological polar surface area (TPSA) is 63.2 Å². The number of nitrogens with one attached hydrogen (secondary N) is 1.